The van der Waals surface area contributed by atoms with E-state index in [1.165, 1.54) is 12.0 Å². The van der Waals surface area contributed by atoms with Crippen LogP contribution in [0, 0.1) is 6.92 Å². The monoisotopic (exact) mass is 491 g/mol. The van der Waals surface area contributed by atoms with Gasteiger partial charge in [0.15, 0.2) is 0 Å². The van der Waals surface area contributed by atoms with E-state index in [9.17, 15) is 14.4 Å². The molecule has 1 atom stereocenters. The zero-order chi connectivity index (χ0) is 25.5. The summed E-state index contributed by atoms with van der Waals surface area (Å²) in [6, 6.07) is 17.2. The molecular formula is C27H29N3O6. The van der Waals surface area contributed by atoms with Crippen molar-refractivity contribution in [3.8, 4) is 11.3 Å². The van der Waals surface area contributed by atoms with Crippen LogP contribution < -0.4 is 5.32 Å². The summed E-state index contributed by atoms with van der Waals surface area (Å²) in [4.78, 5) is 42.4. The van der Waals surface area contributed by atoms with Crippen molar-refractivity contribution in [2.45, 2.75) is 13.0 Å². The highest BCUT2D eigenvalue weighted by Gasteiger charge is 2.38. The number of carbonyl (C=O) groups is 3. The van der Waals surface area contributed by atoms with Crippen molar-refractivity contribution in [1.29, 1.82) is 0 Å². The molecule has 36 heavy (non-hydrogen) atoms. The minimum atomic E-state index is -0.924. The first-order chi connectivity index (χ1) is 17.5. The fraction of sp³-hybridized carbons (Fsp3) is 0.296. The number of piperazine rings is 1. The van der Waals surface area contributed by atoms with Gasteiger partial charge in [0.05, 0.1) is 19.4 Å². The smallest absolute Gasteiger partial charge is 0.410 e. The van der Waals surface area contributed by atoms with Gasteiger partial charge in [0.25, 0.3) is 5.91 Å². The summed E-state index contributed by atoms with van der Waals surface area (Å²) < 4.78 is 15.7. The molecule has 3 amide bonds. The Morgan fingerprint density at radius 3 is 2.56 bits per heavy atom. The average molecular weight is 492 g/mol. The number of benzene rings is 2. The summed E-state index contributed by atoms with van der Waals surface area (Å²) in [5, 5.41) is 2.85. The highest BCUT2D eigenvalue weighted by Crippen LogP contribution is 2.23. The van der Waals surface area contributed by atoms with Crippen molar-refractivity contribution < 1.29 is 28.3 Å². The lowest BCUT2D eigenvalue weighted by Gasteiger charge is -2.39. The van der Waals surface area contributed by atoms with E-state index in [2.05, 4.69) is 5.32 Å². The first-order valence-corrected chi connectivity index (χ1v) is 11.7. The van der Waals surface area contributed by atoms with Crippen LogP contribution in [0.4, 0.5) is 10.5 Å². The van der Waals surface area contributed by atoms with Gasteiger partial charge in [-0.1, -0.05) is 29.8 Å². The minimum absolute atomic E-state index is 0.0287. The Kier molecular flexibility index (Phi) is 8.02. The second-order valence-electron chi connectivity index (χ2n) is 8.48. The van der Waals surface area contributed by atoms with Gasteiger partial charge in [-0.15, -0.1) is 0 Å². The molecule has 1 unspecified atom stereocenters. The Morgan fingerprint density at radius 1 is 1.03 bits per heavy atom. The molecule has 1 fully saturated rings. The number of aryl methyl sites for hydroxylation is 1. The molecule has 4 rings (SSSR count). The standard InChI is InChI=1S/C27H29N3O6/c1-19-8-10-22(11-9-19)28-25(31)23-18-29(12-13-30(23)27(33)36-16-15-34-2)26(32)21-6-3-5-20(17-21)24-7-4-14-35-24/h3-11,14,17,23H,12-13,15-16,18H2,1-2H3,(H,28,31). The summed E-state index contributed by atoms with van der Waals surface area (Å²) in [6.45, 7) is 2.71. The lowest BCUT2D eigenvalue weighted by atomic mass is 10.1. The van der Waals surface area contributed by atoms with Crippen LogP contribution in [0.15, 0.2) is 71.3 Å². The summed E-state index contributed by atoms with van der Waals surface area (Å²) in [5.74, 6) is 0.0250. The Balaban J connectivity index is 1.52. The maximum absolute atomic E-state index is 13.4. The van der Waals surface area contributed by atoms with E-state index in [1.807, 2.05) is 31.2 Å². The molecule has 0 spiro atoms. The number of hydrogen-bond acceptors (Lipinski definition) is 6. The largest absolute Gasteiger partial charge is 0.464 e. The molecule has 1 aliphatic heterocycles. The maximum atomic E-state index is 13.4. The van der Waals surface area contributed by atoms with Crippen LogP contribution in [0.5, 0.6) is 0 Å². The summed E-state index contributed by atoms with van der Waals surface area (Å²) in [5.41, 5.74) is 2.91. The second kappa shape index (κ2) is 11.5. The van der Waals surface area contributed by atoms with Gasteiger partial charge < -0.3 is 24.1 Å². The first-order valence-electron chi connectivity index (χ1n) is 11.7. The van der Waals surface area contributed by atoms with Crippen LogP contribution in [0.1, 0.15) is 15.9 Å². The Bertz CT molecular complexity index is 1190. The zero-order valence-electron chi connectivity index (χ0n) is 20.3. The van der Waals surface area contributed by atoms with Crippen LogP contribution >= 0.6 is 0 Å². The topological polar surface area (TPSA) is 101 Å². The number of furan rings is 1. The molecule has 0 aliphatic carbocycles. The number of amides is 3. The van der Waals surface area contributed by atoms with E-state index >= 15 is 0 Å². The fourth-order valence-electron chi connectivity index (χ4n) is 4.00. The lowest BCUT2D eigenvalue weighted by Crippen LogP contribution is -2.60. The van der Waals surface area contributed by atoms with Crippen molar-refractivity contribution in [3.63, 3.8) is 0 Å². The molecule has 3 aromatic rings. The van der Waals surface area contributed by atoms with Gasteiger partial charge in [-0.2, -0.15) is 0 Å². The van der Waals surface area contributed by atoms with E-state index in [0.717, 1.165) is 11.1 Å². The van der Waals surface area contributed by atoms with Gasteiger partial charge in [-0.25, -0.2) is 4.79 Å². The molecule has 0 radical (unpaired) electrons. The van der Waals surface area contributed by atoms with Gasteiger partial charge in [-0.3, -0.25) is 14.5 Å². The number of anilines is 1. The highest BCUT2D eigenvalue weighted by atomic mass is 16.6. The molecule has 2 heterocycles. The van der Waals surface area contributed by atoms with Crippen molar-refractivity contribution in [3.05, 3.63) is 78.1 Å². The number of rotatable bonds is 7. The summed E-state index contributed by atoms with van der Waals surface area (Å²) in [6.07, 6.45) is 0.953. The molecule has 188 valence electrons. The summed E-state index contributed by atoms with van der Waals surface area (Å²) >= 11 is 0. The third-order valence-electron chi connectivity index (χ3n) is 5.95. The molecule has 0 saturated carbocycles. The quantitative estimate of drug-likeness (QED) is 0.505. The minimum Gasteiger partial charge on any atom is -0.464 e. The number of carbonyl (C=O) groups excluding carboxylic acids is 3. The number of hydrogen-bond donors (Lipinski definition) is 1. The molecular weight excluding hydrogens is 462 g/mol. The third-order valence-corrected chi connectivity index (χ3v) is 5.95. The molecule has 0 bridgehead atoms. The van der Waals surface area contributed by atoms with Crippen molar-refractivity contribution in [2.24, 2.45) is 0 Å². The lowest BCUT2D eigenvalue weighted by molar-refractivity contribution is -0.122. The SMILES string of the molecule is COCCOC(=O)N1CCN(C(=O)c2cccc(-c3ccco3)c2)CC1C(=O)Nc1ccc(C)cc1. The fourth-order valence-corrected chi connectivity index (χ4v) is 4.00. The number of nitrogens with zero attached hydrogens (tertiary/aromatic N) is 2. The van der Waals surface area contributed by atoms with Gasteiger partial charge in [-0.05, 0) is 43.3 Å². The molecule has 1 N–H and O–H groups in total. The Morgan fingerprint density at radius 2 is 1.83 bits per heavy atom. The first kappa shape index (κ1) is 25.0. The average Bonchev–Trinajstić information content (AvgIpc) is 3.45. The van der Waals surface area contributed by atoms with Crippen molar-refractivity contribution in [2.75, 3.05) is 45.3 Å². The summed E-state index contributed by atoms with van der Waals surface area (Å²) in [7, 11) is 1.51. The van der Waals surface area contributed by atoms with Crippen LogP contribution in [0.3, 0.4) is 0 Å². The second-order valence-corrected chi connectivity index (χ2v) is 8.48. The normalized spacial score (nSPS) is 15.4. The van der Waals surface area contributed by atoms with E-state index in [4.69, 9.17) is 13.9 Å². The Hall–Kier alpha value is -4.11. The zero-order valence-corrected chi connectivity index (χ0v) is 20.3. The van der Waals surface area contributed by atoms with Crippen molar-refractivity contribution >= 4 is 23.6 Å². The number of methoxy groups -OCH3 is 1. The molecule has 9 nitrogen and oxygen atoms in total. The van der Waals surface area contributed by atoms with Crippen LogP contribution in [-0.4, -0.2) is 73.7 Å². The molecule has 9 heteroatoms. The molecule has 2 aromatic carbocycles. The Labute approximate surface area is 209 Å². The highest BCUT2D eigenvalue weighted by molar-refractivity contribution is 5.99. The van der Waals surface area contributed by atoms with E-state index in [-0.39, 0.29) is 38.8 Å². The van der Waals surface area contributed by atoms with Crippen LogP contribution in [0.25, 0.3) is 11.3 Å². The number of ether oxygens (including phenoxy) is 2. The molecule has 1 aromatic heterocycles. The van der Waals surface area contributed by atoms with Crippen LogP contribution in [0.2, 0.25) is 0 Å². The predicted molar refractivity (Wildman–Crippen MR) is 134 cm³/mol. The molecule has 1 saturated heterocycles. The van der Waals surface area contributed by atoms with Gasteiger partial charge in [0, 0.05) is 37.0 Å². The van der Waals surface area contributed by atoms with E-state index in [0.29, 0.717) is 17.0 Å². The third kappa shape index (κ3) is 5.92. The van der Waals surface area contributed by atoms with Crippen molar-refractivity contribution in [1.82, 2.24) is 9.80 Å². The van der Waals surface area contributed by atoms with Crippen LogP contribution in [-0.2, 0) is 14.3 Å². The molecule has 1 aliphatic rings. The predicted octanol–water partition coefficient (Wildman–Crippen LogP) is 3.80. The maximum Gasteiger partial charge on any atom is 0.410 e. The van der Waals surface area contributed by atoms with Gasteiger partial charge in [0.2, 0.25) is 5.91 Å². The van der Waals surface area contributed by atoms with Gasteiger partial charge >= 0.3 is 6.09 Å². The van der Waals surface area contributed by atoms with E-state index in [1.54, 1.807) is 47.6 Å². The van der Waals surface area contributed by atoms with Gasteiger partial charge in [0.1, 0.15) is 18.4 Å². The van der Waals surface area contributed by atoms with E-state index < -0.39 is 18.0 Å². The number of nitrogens with one attached hydrogen (secondary N) is 1.